The van der Waals surface area contributed by atoms with Crippen LogP contribution in [0.2, 0.25) is 0 Å². The van der Waals surface area contributed by atoms with Gasteiger partial charge in [-0.05, 0) is 5.56 Å². The summed E-state index contributed by atoms with van der Waals surface area (Å²) < 4.78 is 0. The molecular formula is C20H16N4OS. The van der Waals surface area contributed by atoms with Gasteiger partial charge in [-0.3, -0.25) is 15.2 Å². The molecule has 0 atom stereocenters. The van der Waals surface area contributed by atoms with Crippen LogP contribution in [0.4, 0.5) is 5.13 Å². The average molecular weight is 360 g/mol. The van der Waals surface area contributed by atoms with E-state index < -0.39 is 0 Å². The molecule has 0 fully saturated rings. The van der Waals surface area contributed by atoms with Gasteiger partial charge in [0.2, 0.25) is 0 Å². The molecule has 0 saturated heterocycles. The highest BCUT2D eigenvalue weighted by Gasteiger charge is 2.16. The van der Waals surface area contributed by atoms with Crippen LogP contribution in [0.25, 0.3) is 11.3 Å². The van der Waals surface area contributed by atoms with Crippen molar-refractivity contribution in [2.45, 2.75) is 6.42 Å². The quantitative estimate of drug-likeness (QED) is 0.555. The maximum Gasteiger partial charge on any atom is 0.261 e. The van der Waals surface area contributed by atoms with Crippen LogP contribution in [0.5, 0.6) is 0 Å². The predicted molar refractivity (Wildman–Crippen MR) is 103 cm³/mol. The first kappa shape index (κ1) is 16.2. The fourth-order valence-corrected chi connectivity index (χ4v) is 3.53. The van der Waals surface area contributed by atoms with Gasteiger partial charge in [0.15, 0.2) is 5.13 Å². The molecule has 4 rings (SSSR count). The Kier molecular flexibility index (Phi) is 4.57. The minimum absolute atomic E-state index is 0.224. The average Bonchev–Trinajstić information content (AvgIpc) is 3.33. The standard InChI is InChI=1S/C20H16N4OS/c25-19(17-13-22-24-18(17)15-9-5-2-6-10-15)23-20-21-12-16(26-20)11-14-7-3-1-4-8-14/h1-10,12-13H,11H2,(H,22,24)(H,21,23,25). The number of nitrogens with zero attached hydrogens (tertiary/aromatic N) is 2. The Hall–Kier alpha value is -3.25. The highest BCUT2D eigenvalue weighted by atomic mass is 32.1. The molecule has 6 heteroatoms. The van der Waals surface area contributed by atoms with Gasteiger partial charge in [0.05, 0.1) is 17.5 Å². The summed E-state index contributed by atoms with van der Waals surface area (Å²) in [7, 11) is 0. The number of nitrogens with one attached hydrogen (secondary N) is 2. The molecule has 2 aromatic carbocycles. The van der Waals surface area contributed by atoms with Crippen molar-refractivity contribution in [3.63, 3.8) is 0 Å². The minimum atomic E-state index is -0.224. The van der Waals surface area contributed by atoms with Crippen molar-refractivity contribution in [2.75, 3.05) is 5.32 Å². The number of hydrogen-bond acceptors (Lipinski definition) is 4. The summed E-state index contributed by atoms with van der Waals surface area (Å²) in [5.41, 5.74) is 3.33. The van der Waals surface area contributed by atoms with Gasteiger partial charge in [0, 0.05) is 23.1 Å². The summed E-state index contributed by atoms with van der Waals surface area (Å²) in [6, 6.07) is 19.8. The monoisotopic (exact) mass is 360 g/mol. The van der Waals surface area contributed by atoms with Crippen molar-refractivity contribution in [3.8, 4) is 11.3 Å². The molecule has 0 aliphatic heterocycles. The Morgan fingerprint density at radius 1 is 1.00 bits per heavy atom. The van der Waals surface area contributed by atoms with Crippen LogP contribution in [-0.4, -0.2) is 21.1 Å². The molecule has 0 bridgehead atoms. The fourth-order valence-electron chi connectivity index (χ4n) is 2.69. The van der Waals surface area contributed by atoms with Gasteiger partial charge in [0.1, 0.15) is 0 Å². The second-order valence-electron chi connectivity index (χ2n) is 5.77. The lowest BCUT2D eigenvalue weighted by Crippen LogP contribution is -2.11. The summed E-state index contributed by atoms with van der Waals surface area (Å²) in [6.45, 7) is 0. The highest BCUT2D eigenvalue weighted by molar-refractivity contribution is 7.15. The second-order valence-corrected chi connectivity index (χ2v) is 6.89. The molecule has 0 aliphatic carbocycles. The number of H-pyrrole nitrogens is 1. The summed E-state index contributed by atoms with van der Waals surface area (Å²) in [4.78, 5) is 18.1. The Morgan fingerprint density at radius 3 is 2.50 bits per heavy atom. The third-order valence-corrected chi connectivity index (χ3v) is 4.85. The van der Waals surface area contributed by atoms with Gasteiger partial charge in [-0.25, -0.2) is 4.98 Å². The molecule has 2 heterocycles. The number of hydrogen-bond donors (Lipinski definition) is 2. The summed E-state index contributed by atoms with van der Waals surface area (Å²) in [5, 5.41) is 10.4. The van der Waals surface area contributed by atoms with E-state index in [1.807, 2.05) is 48.5 Å². The summed E-state index contributed by atoms with van der Waals surface area (Å²) in [5.74, 6) is -0.224. The number of benzene rings is 2. The minimum Gasteiger partial charge on any atom is -0.298 e. The third-order valence-electron chi connectivity index (χ3n) is 3.94. The van der Waals surface area contributed by atoms with Crippen LogP contribution < -0.4 is 5.32 Å². The Labute approximate surface area is 154 Å². The van der Waals surface area contributed by atoms with E-state index in [0.29, 0.717) is 16.4 Å². The highest BCUT2D eigenvalue weighted by Crippen LogP contribution is 2.24. The summed E-state index contributed by atoms with van der Waals surface area (Å²) >= 11 is 1.48. The Balaban J connectivity index is 1.49. The van der Waals surface area contributed by atoms with Crippen LogP contribution in [0, 0.1) is 0 Å². The van der Waals surface area contributed by atoms with E-state index >= 15 is 0 Å². The van der Waals surface area contributed by atoms with Crippen molar-refractivity contribution in [1.82, 2.24) is 15.2 Å². The van der Waals surface area contributed by atoms with E-state index in [0.717, 1.165) is 16.9 Å². The number of amides is 1. The van der Waals surface area contributed by atoms with Crippen molar-refractivity contribution in [3.05, 3.63) is 89.1 Å². The van der Waals surface area contributed by atoms with Gasteiger partial charge in [-0.1, -0.05) is 60.7 Å². The van der Waals surface area contributed by atoms with Crippen molar-refractivity contribution in [1.29, 1.82) is 0 Å². The fraction of sp³-hybridized carbons (Fsp3) is 0.0500. The van der Waals surface area contributed by atoms with E-state index in [9.17, 15) is 4.79 Å². The molecule has 0 unspecified atom stereocenters. The normalized spacial score (nSPS) is 10.6. The first-order chi connectivity index (χ1) is 12.8. The molecule has 0 spiro atoms. The molecular weight excluding hydrogens is 344 g/mol. The lowest BCUT2D eigenvalue weighted by Gasteiger charge is -2.03. The second kappa shape index (κ2) is 7.33. The largest absolute Gasteiger partial charge is 0.298 e. The lowest BCUT2D eigenvalue weighted by atomic mass is 10.1. The Bertz CT molecular complexity index is 1010. The maximum atomic E-state index is 12.6. The topological polar surface area (TPSA) is 70.7 Å². The zero-order valence-electron chi connectivity index (χ0n) is 13.8. The molecule has 0 saturated carbocycles. The van der Waals surface area contributed by atoms with Crippen molar-refractivity contribution >= 4 is 22.4 Å². The number of rotatable bonds is 5. The molecule has 2 N–H and O–H groups in total. The molecule has 26 heavy (non-hydrogen) atoms. The predicted octanol–water partition coefficient (Wildman–Crippen LogP) is 4.38. The Morgan fingerprint density at radius 2 is 1.73 bits per heavy atom. The van der Waals surface area contributed by atoms with Gasteiger partial charge >= 0.3 is 0 Å². The van der Waals surface area contributed by atoms with E-state index in [-0.39, 0.29) is 5.91 Å². The van der Waals surface area contributed by atoms with Gasteiger partial charge in [-0.15, -0.1) is 11.3 Å². The molecule has 0 radical (unpaired) electrons. The van der Waals surface area contributed by atoms with E-state index in [1.165, 1.54) is 23.1 Å². The van der Waals surface area contributed by atoms with Crippen LogP contribution >= 0.6 is 11.3 Å². The number of carbonyl (C=O) groups excluding carboxylic acids is 1. The third kappa shape index (κ3) is 3.55. The van der Waals surface area contributed by atoms with E-state index in [4.69, 9.17) is 0 Å². The maximum absolute atomic E-state index is 12.6. The van der Waals surface area contributed by atoms with E-state index in [1.54, 1.807) is 6.20 Å². The molecule has 0 aliphatic rings. The smallest absolute Gasteiger partial charge is 0.261 e. The lowest BCUT2D eigenvalue weighted by molar-refractivity contribution is 0.102. The van der Waals surface area contributed by atoms with Crippen LogP contribution in [0.3, 0.4) is 0 Å². The zero-order valence-corrected chi connectivity index (χ0v) is 14.7. The molecule has 128 valence electrons. The number of carbonyl (C=O) groups is 1. The molecule has 4 aromatic rings. The van der Waals surface area contributed by atoms with Crippen molar-refractivity contribution in [2.24, 2.45) is 0 Å². The van der Waals surface area contributed by atoms with Crippen LogP contribution in [-0.2, 0) is 6.42 Å². The van der Waals surface area contributed by atoms with E-state index in [2.05, 4.69) is 32.6 Å². The van der Waals surface area contributed by atoms with Gasteiger partial charge < -0.3 is 0 Å². The number of thiazole rings is 1. The first-order valence-corrected chi connectivity index (χ1v) is 9.00. The van der Waals surface area contributed by atoms with Crippen LogP contribution in [0.1, 0.15) is 20.8 Å². The molecule has 5 nitrogen and oxygen atoms in total. The zero-order chi connectivity index (χ0) is 17.8. The number of aromatic amines is 1. The van der Waals surface area contributed by atoms with Gasteiger partial charge in [0.25, 0.3) is 5.91 Å². The molecule has 1 amide bonds. The number of aromatic nitrogens is 3. The van der Waals surface area contributed by atoms with Crippen LogP contribution in [0.15, 0.2) is 73.1 Å². The van der Waals surface area contributed by atoms with Gasteiger partial charge in [-0.2, -0.15) is 5.10 Å². The van der Waals surface area contributed by atoms with Crippen molar-refractivity contribution < 1.29 is 4.79 Å². The first-order valence-electron chi connectivity index (χ1n) is 8.18. The summed E-state index contributed by atoms with van der Waals surface area (Å²) in [6.07, 6.45) is 4.15. The SMILES string of the molecule is O=C(Nc1ncc(Cc2ccccc2)s1)c1cn[nH]c1-c1ccccc1. The molecule has 2 aromatic heterocycles. The number of anilines is 1.